The molecular weight excluding hydrogens is 298 g/mol. The van der Waals surface area contributed by atoms with Crippen LogP contribution < -0.4 is 0 Å². The highest BCUT2D eigenvalue weighted by Gasteiger charge is 2.17. The highest BCUT2D eigenvalue weighted by Crippen LogP contribution is 2.19. The van der Waals surface area contributed by atoms with E-state index >= 15 is 0 Å². The number of hydrogen-bond acceptors (Lipinski definition) is 2. The molecule has 0 N–H and O–H groups in total. The maximum atomic E-state index is 12.7. The van der Waals surface area contributed by atoms with Crippen molar-refractivity contribution < 1.29 is 9.59 Å². The third-order valence-corrected chi connectivity index (χ3v) is 3.94. The summed E-state index contributed by atoms with van der Waals surface area (Å²) in [5.74, 6) is -0.384. The van der Waals surface area contributed by atoms with Crippen LogP contribution in [-0.2, 0) is 7.05 Å². The van der Waals surface area contributed by atoms with Crippen LogP contribution in [0, 0.1) is 0 Å². The molecule has 0 radical (unpaired) electrons. The van der Waals surface area contributed by atoms with E-state index in [1.54, 1.807) is 29.9 Å². The average Bonchev–Trinajstić information content (AvgIpc) is 2.94. The largest absolute Gasteiger partial charge is 0.347 e. The molecule has 22 heavy (non-hydrogen) atoms. The molecule has 0 fully saturated rings. The zero-order valence-electron chi connectivity index (χ0n) is 12.0. The molecule has 0 atom stereocenters. The number of aromatic nitrogens is 1. The Balaban J connectivity index is 2.02. The summed E-state index contributed by atoms with van der Waals surface area (Å²) in [5, 5.41) is 2.10. The fourth-order valence-corrected chi connectivity index (χ4v) is 2.65. The van der Waals surface area contributed by atoms with Gasteiger partial charge in [0.1, 0.15) is 0 Å². The average molecular weight is 312 g/mol. The molecule has 0 saturated heterocycles. The second-order valence-corrected chi connectivity index (χ2v) is 5.44. The van der Waals surface area contributed by atoms with Crippen molar-refractivity contribution in [3.63, 3.8) is 0 Å². The molecule has 0 amide bonds. The summed E-state index contributed by atoms with van der Waals surface area (Å²) in [7, 11) is 1.75. The van der Waals surface area contributed by atoms with Crippen LogP contribution in [0.5, 0.6) is 0 Å². The summed E-state index contributed by atoms with van der Waals surface area (Å²) in [6, 6.07) is 15.1. The van der Waals surface area contributed by atoms with Crippen LogP contribution in [0.25, 0.3) is 10.8 Å². The van der Waals surface area contributed by atoms with Gasteiger partial charge in [-0.2, -0.15) is 0 Å². The summed E-state index contributed by atoms with van der Waals surface area (Å²) in [4.78, 5) is 24.3. The first-order valence-corrected chi connectivity index (χ1v) is 7.42. The number of ketones is 2. The maximum Gasteiger partial charge on any atom is 0.209 e. The van der Waals surface area contributed by atoms with E-state index in [0.29, 0.717) is 16.8 Å². The van der Waals surface area contributed by atoms with E-state index < -0.39 is 0 Å². The lowest BCUT2D eigenvalue weighted by Crippen LogP contribution is -2.06. The Morgan fingerprint density at radius 1 is 1.00 bits per heavy atom. The van der Waals surface area contributed by atoms with Crippen LogP contribution in [0.3, 0.4) is 0 Å². The fourth-order valence-electron chi connectivity index (χ4n) is 2.50. The highest BCUT2D eigenvalue weighted by molar-refractivity contribution is 6.30. The van der Waals surface area contributed by atoms with Crippen molar-refractivity contribution in [2.75, 3.05) is 5.88 Å². The van der Waals surface area contributed by atoms with Gasteiger partial charge in [0.15, 0.2) is 5.78 Å². The van der Waals surface area contributed by atoms with E-state index in [4.69, 9.17) is 11.6 Å². The lowest BCUT2D eigenvalue weighted by Gasteiger charge is -2.04. The molecule has 0 bridgehead atoms. The first kappa shape index (κ1) is 14.5. The molecule has 3 rings (SSSR count). The standard InChI is InChI=1S/C18H14ClNO2/c1-20-11-15(17(21)10-19)9-16(20)18(22)14-7-6-12-4-2-3-5-13(12)8-14/h2-9,11H,10H2,1H3. The monoisotopic (exact) mass is 311 g/mol. The number of carbonyl (C=O) groups is 2. The predicted octanol–water partition coefficient (Wildman–Crippen LogP) is 3.83. The van der Waals surface area contributed by atoms with Crippen molar-refractivity contribution in [2.45, 2.75) is 0 Å². The number of hydrogen-bond donors (Lipinski definition) is 0. The molecule has 0 unspecified atom stereocenters. The Labute approximate surface area is 133 Å². The minimum Gasteiger partial charge on any atom is -0.347 e. The van der Waals surface area contributed by atoms with Crippen LogP contribution in [0.15, 0.2) is 54.7 Å². The topological polar surface area (TPSA) is 39.1 Å². The van der Waals surface area contributed by atoms with Crippen molar-refractivity contribution in [1.82, 2.24) is 4.57 Å². The van der Waals surface area contributed by atoms with Crippen LogP contribution in [0.1, 0.15) is 26.4 Å². The van der Waals surface area contributed by atoms with Gasteiger partial charge in [-0.1, -0.05) is 36.4 Å². The van der Waals surface area contributed by atoms with Crippen LogP contribution in [-0.4, -0.2) is 22.0 Å². The zero-order valence-corrected chi connectivity index (χ0v) is 12.8. The van der Waals surface area contributed by atoms with E-state index in [1.807, 2.05) is 36.4 Å². The summed E-state index contributed by atoms with van der Waals surface area (Å²) in [6.45, 7) is 0. The smallest absolute Gasteiger partial charge is 0.209 e. The minimum atomic E-state index is -0.185. The van der Waals surface area contributed by atoms with E-state index in [0.717, 1.165) is 10.8 Å². The fraction of sp³-hybridized carbons (Fsp3) is 0.111. The first-order valence-electron chi connectivity index (χ1n) is 6.89. The Kier molecular flexibility index (Phi) is 3.82. The third kappa shape index (κ3) is 2.55. The molecule has 3 aromatic rings. The van der Waals surface area contributed by atoms with Gasteiger partial charge in [0.2, 0.25) is 5.78 Å². The number of alkyl halides is 1. The quantitative estimate of drug-likeness (QED) is 0.542. The van der Waals surface area contributed by atoms with E-state index in [1.165, 1.54) is 0 Å². The SMILES string of the molecule is Cn1cc(C(=O)CCl)cc1C(=O)c1ccc2ccccc2c1. The predicted molar refractivity (Wildman–Crippen MR) is 87.8 cm³/mol. The molecule has 4 heteroatoms. The summed E-state index contributed by atoms with van der Waals surface area (Å²) in [5.41, 5.74) is 1.54. The van der Waals surface area contributed by atoms with Gasteiger partial charge in [-0.05, 0) is 22.9 Å². The molecule has 2 aromatic carbocycles. The number of nitrogens with zero attached hydrogens (tertiary/aromatic N) is 1. The number of benzene rings is 2. The minimum absolute atomic E-state index is 0.0897. The molecule has 0 aliphatic heterocycles. The van der Waals surface area contributed by atoms with Crippen molar-refractivity contribution in [2.24, 2.45) is 7.05 Å². The molecule has 1 aromatic heterocycles. The first-order chi connectivity index (χ1) is 10.6. The second kappa shape index (κ2) is 5.78. The van der Waals surface area contributed by atoms with Crippen molar-refractivity contribution >= 4 is 33.9 Å². The van der Waals surface area contributed by atoms with Gasteiger partial charge in [0, 0.05) is 24.4 Å². The lowest BCUT2D eigenvalue weighted by atomic mass is 10.0. The Morgan fingerprint density at radius 3 is 2.45 bits per heavy atom. The Hall–Kier alpha value is -2.39. The van der Waals surface area contributed by atoms with Crippen molar-refractivity contribution in [1.29, 1.82) is 0 Å². The second-order valence-electron chi connectivity index (χ2n) is 5.17. The van der Waals surface area contributed by atoms with Gasteiger partial charge in [-0.25, -0.2) is 0 Å². The van der Waals surface area contributed by atoms with Crippen LogP contribution >= 0.6 is 11.6 Å². The lowest BCUT2D eigenvalue weighted by molar-refractivity contribution is 0.101. The molecule has 0 aliphatic rings. The maximum absolute atomic E-state index is 12.7. The number of carbonyl (C=O) groups excluding carboxylic acids is 2. The number of aryl methyl sites for hydroxylation is 1. The number of Topliss-reactive ketones (excluding diaryl/α,β-unsaturated/α-hetero) is 1. The molecule has 1 heterocycles. The summed E-state index contributed by atoms with van der Waals surface area (Å²) < 4.78 is 1.66. The summed E-state index contributed by atoms with van der Waals surface area (Å²) in [6.07, 6.45) is 1.64. The van der Waals surface area contributed by atoms with Gasteiger partial charge in [0.25, 0.3) is 0 Å². The Morgan fingerprint density at radius 2 is 1.73 bits per heavy atom. The molecule has 110 valence electrons. The van der Waals surface area contributed by atoms with E-state index in [9.17, 15) is 9.59 Å². The molecule has 0 saturated carbocycles. The van der Waals surface area contributed by atoms with Gasteiger partial charge < -0.3 is 4.57 Å². The van der Waals surface area contributed by atoms with Crippen molar-refractivity contribution in [3.8, 4) is 0 Å². The zero-order chi connectivity index (χ0) is 15.7. The van der Waals surface area contributed by atoms with Gasteiger partial charge >= 0.3 is 0 Å². The van der Waals surface area contributed by atoms with Gasteiger partial charge in [0.05, 0.1) is 11.6 Å². The Bertz CT molecular complexity index is 880. The van der Waals surface area contributed by atoms with Gasteiger partial charge in [-0.15, -0.1) is 11.6 Å². The number of fused-ring (bicyclic) bond motifs is 1. The van der Waals surface area contributed by atoms with Crippen LogP contribution in [0.2, 0.25) is 0 Å². The molecule has 0 aliphatic carbocycles. The van der Waals surface area contributed by atoms with E-state index in [2.05, 4.69) is 0 Å². The third-order valence-electron chi connectivity index (χ3n) is 3.69. The number of halogens is 1. The molecular formula is C18H14ClNO2. The van der Waals surface area contributed by atoms with Crippen LogP contribution in [0.4, 0.5) is 0 Å². The normalized spacial score (nSPS) is 10.8. The number of rotatable bonds is 4. The molecule has 0 spiro atoms. The van der Waals surface area contributed by atoms with Crippen molar-refractivity contribution in [3.05, 3.63) is 71.5 Å². The summed E-state index contributed by atoms with van der Waals surface area (Å²) >= 11 is 5.57. The molecule has 3 nitrogen and oxygen atoms in total. The highest BCUT2D eigenvalue weighted by atomic mass is 35.5. The van der Waals surface area contributed by atoms with Gasteiger partial charge in [-0.3, -0.25) is 9.59 Å². The van der Waals surface area contributed by atoms with E-state index in [-0.39, 0.29) is 17.4 Å².